The van der Waals surface area contributed by atoms with Gasteiger partial charge in [0.15, 0.2) is 0 Å². The zero-order valence-electron chi connectivity index (χ0n) is 11.0. The normalized spacial score (nSPS) is 13.8. The molecule has 0 aromatic heterocycles. The predicted octanol–water partition coefficient (Wildman–Crippen LogP) is 3.38. The first-order valence-corrected chi connectivity index (χ1v) is 7.36. The lowest BCUT2D eigenvalue weighted by molar-refractivity contribution is 0.306. The first kappa shape index (κ1) is 13.2. The number of halogens is 1. The molecule has 0 amide bonds. The van der Waals surface area contributed by atoms with Gasteiger partial charge in [-0.2, -0.15) is 0 Å². The highest BCUT2D eigenvalue weighted by Crippen LogP contribution is 2.16. The molecule has 0 bridgehead atoms. The number of benzene rings is 2. The third-order valence-electron chi connectivity index (χ3n) is 3.12. The van der Waals surface area contributed by atoms with Crippen LogP contribution in [0.3, 0.4) is 0 Å². The summed E-state index contributed by atoms with van der Waals surface area (Å²) in [6.45, 7) is 2.36. The summed E-state index contributed by atoms with van der Waals surface area (Å²) < 4.78 is 6.85. The molecule has 0 aliphatic carbocycles. The van der Waals surface area contributed by atoms with E-state index in [4.69, 9.17) is 4.74 Å². The number of hydrogen-bond acceptors (Lipinski definition) is 3. The van der Waals surface area contributed by atoms with Crippen LogP contribution in [0.2, 0.25) is 0 Å². The van der Waals surface area contributed by atoms with Crippen molar-refractivity contribution in [2.45, 2.75) is 6.61 Å². The van der Waals surface area contributed by atoms with Gasteiger partial charge < -0.3 is 10.1 Å². The monoisotopic (exact) mass is 330 g/mol. The molecule has 102 valence electrons. The van der Waals surface area contributed by atoms with Gasteiger partial charge in [0, 0.05) is 16.6 Å². The first-order chi connectivity index (χ1) is 9.81. The van der Waals surface area contributed by atoms with E-state index < -0.39 is 0 Å². The topological polar surface area (TPSA) is 33.6 Å². The Hall–Kier alpha value is -1.81. The number of rotatable bonds is 4. The molecular formula is C16H15BrN2O. The summed E-state index contributed by atoms with van der Waals surface area (Å²) in [5.41, 5.74) is 2.26. The van der Waals surface area contributed by atoms with Gasteiger partial charge in [0.2, 0.25) is 0 Å². The van der Waals surface area contributed by atoms with Crippen LogP contribution in [0.25, 0.3) is 0 Å². The van der Waals surface area contributed by atoms with Gasteiger partial charge in [0.05, 0.1) is 6.54 Å². The van der Waals surface area contributed by atoms with Crippen LogP contribution in [-0.4, -0.2) is 18.9 Å². The fourth-order valence-electron chi connectivity index (χ4n) is 2.05. The lowest BCUT2D eigenvalue weighted by atomic mass is 10.2. The number of ether oxygens (including phenoxy) is 1. The molecule has 0 unspecified atom stereocenters. The summed E-state index contributed by atoms with van der Waals surface area (Å²) in [5, 5.41) is 3.26. The lowest BCUT2D eigenvalue weighted by Gasteiger charge is -2.08. The number of nitrogens with one attached hydrogen (secondary N) is 1. The van der Waals surface area contributed by atoms with Crippen molar-refractivity contribution >= 4 is 21.8 Å². The van der Waals surface area contributed by atoms with Crippen molar-refractivity contribution in [3.05, 3.63) is 64.1 Å². The van der Waals surface area contributed by atoms with Crippen molar-refractivity contribution in [3.8, 4) is 5.75 Å². The van der Waals surface area contributed by atoms with Crippen LogP contribution in [-0.2, 0) is 6.61 Å². The Kier molecular flexibility index (Phi) is 4.02. The SMILES string of the molecule is Brc1ccc(COc2ccc(C3=NCCN3)cc2)cc1. The maximum absolute atomic E-state index is 5.77. The largest absolute Gasteiger partial charge is 0.489 e. The van der Waals surface area contributed by atoms with Gasteiger partial charge >= 0.3 is 0 Å². The third kappa shape index (κ3) is 3.20. The van der Waals surface area contributed by atoms with Gasteiger partial charge in [0.1, 0.15) is 18.2 Å². The molecule has 0 atom stereocenters. The lowest BCUT2D eigenvalue weighted by Crippen LogP contribution is -2.19. The van der Waals surface area contributed by atoms with Crippen LogP contribution in [0.1, 0.15) is 11.1 Å². The molecule has 3 nitrogen and oxygen atoms in total. The predicted molar refractivity (Wildman–Crippen MR) is 84.3 cm³/mol. The van der Waals surface area contributed by atoms with Crippen LogP contribution in [0.5, 0.6) is 5.75 Å². The Bertz CT molecular complexity index is 605. The highest BCUT2D eigenvalue weighted by molar-refractivity contribution is 9.10. The third-order valence-corrected chi connectivity index (χ3v) is 3.65. The molecule has 4 heteroatoms. The molecule has 0 saturated heterocycles. The Balaban J connectivity index is 1.62. The molecule has 1 aliphatic heterocycles. The van der Waals surface area contributed by atoms with Crippen molar-refractivity contribution in [2.75, 3.05) is 13.1 Å². The molecule has 0 fully saturated rings. The molecule has 2 aromatic carbocycles. The molecular weight excluding hydrogens is 316 g/mol. The minimum absolute atomic E-state index is 0.575. The van der Waals surface area contributed by atoms with E-state index in [1.807, 2.05) is 36.4 Å². The molecule has 0 spiro atoms. The Labute approximate surface area is 126 Å². The number of hydrogen-bond donors (Lipinski definition) is 1. The van der Waals surface area contributed by atoms with Crippen molar-refractivity contribution in [2.24, 2.45) is 4.99 Å². The van der Waals surface area contributed by atoms with E-state index in [0.29, 0.717) is 6.61 Å². The molecule has 0 radical (unpaired) electrons. The van der Waals surface area contributed by atoms with E-state index in [2.05, 4.69) is 38.4 Å². The van der Waals surface area contributed by atoms with Gasteiger partial charge in [0.25, 0.3) is 0 Å². The zero-order valence-corrected chi connectivity index (χ0v) is 12.6. The fraction of sp³-hybridized carbons (Fsp3) is 0.188. The molecule has 1 aliphatic rings. The van der Waals surface area contributed by atoms with Crippen molar-refractivity contribution < 1.29 is 4.74 Å². The molecule has 1 N–H and O–H groups in total. The van der Waals surface area contributed by atoms with Crippen molar-refractivity contribution in [1.82, 2.24) is 5.32 Å². The number of aliphatic imine (C=N–C) groups is 1. The fourth-order valence-corrected chi connectivity index (χ4v) is 2.31. The van der Waals surface area contributed by atoms with E-state index in [1.165, 1.54) is 0 Å². The van der Waals surface area contributed by atoms with E-state index in [0.717, 1.165) is 40.3 Å². The van der Waals surface area contributed by atoms with Crippen molar-refractivity contribution in [3.63, 3.8) is 0 Å². The second-order valence-electron chi connectivity index (χ2n) is 4.60. The van der Waals surface area contributed by atoms with Gasteiger partial charge in [-0.25, -0.2) is 0 Å². The van der Waals surface area contributed by atoms with Crippen molar-refractivity contribution in [1.29, 1.82) is 0 Å². The van der Waals surface area contributed by atoms with Crippen LogP contribution < -0.4 is 10.1 Å². The summed E-state index contributed by atoms with van der Waals surface area (Å²) in [4.78, 5) is 4.40. The molecule has 3 rings (SSSR count). The molecule has 1 heterocycles. The van der Waals surface area contributed by atoms with Gasteiger partial charge in [-0.05, 0) is 42.0 Å². The average Bonchev–Trinajstić information content (AvgIpc) is 3.01. The summed E-state index contributed by atoms with van der Waals surface area (Å²) in [5.74, 6) is 1.85. The summed E-state index contributed by atoms with van der Waals surface area (Å²) in [7, 11) is 0. The van der Waals surface area contributed by atoms with Gasteiger partial charge in [-0.3, -0.25) is 4.99 Å². The quantitative estimate of drug-likeness (QED) is 0.932. The zero-order chi connectivity index (χ0) is 13.8. The minimum atomic E-state index is 0.575. The minimum Gasteiger partial charge on any atom is -0.489 e. The van der Waals surface area contributed by atoms with Crippen LogP contribution >= 0.6 is 15.9 Å². The Morgan fingerprint density at radius 2 is 1.80 bits per heavy atom. The van der Waals surface area contributed by atoms with E-state index in [9.17, 15) is 0 Å². The number of amidine groups is 1. The van der Waals surface area contributed by atoms with E-state index in [-0.39, 0.29) is 0 Å². The Morgan fingerprint density at radius 3 is 2.45 bits per heavy atom. The second kappa shape index (κ2) is 6.09. The molecule has 20 heavy (non-hydrogen) atoms. The van der Waals surface area contributed by atoms with E-state index >= 15 is 0 Å². The Morgan fingerprint density at radius 1 is 1.05 bits per heavy atom. The standard InChI is InChI=1S/C16H15BrN2O/c17-14-5-1-12(2-6-14)11-20-15-7-3-13(4-8-15)16-18-9-10-19-16/h1-8H,9-11H2,(H,18,19). The van der Waals surface area contributed by atoms with Crippen LogP contribution in [0.15, 0.2) is 58.0 Å². The maximum atomic E-state index is 5.77. The van der Waals surface area contributed by atoms with Gasteiger partial charge in [-0.1, -0.05) is 28.1 Å². The summed E-state index contributed by atoms with van der Waals surface area (Å²) in [6, 6.07) is 16.2. The smallest absolute Gasteiger partial charge is 0.128 e. The highest BCUT2D eigenvalue weighted by Gasteiger charge is 2.07. The summed E-state index contributed by atoms with van der Waals surface area (Å²) in [6.07, 6.45) is 0. The highest BCUT2D eigenvalue weighted by atomic mass is 79.9. The van der Waals surface area contributed by atoms with Crippen LogP contribution in [0, 0.1) is 0 Å². The maximum Gasteiger partial charge on any atom is 0.128 e. The molecule has 2 aromatic rings. The van der Waals surface area contributed by atoms with E-state index in [1.54, 1.807) is 0 Å². The van der Waals surface area contributed by atoms with Crippen LogP contribution in [0.4, 0.5) is 0 Å². The van der Waals surface area contributed by atoms with Gasteiger partial charge in [-0.15, -0.1) is 0 Å². The molecule has 0 saturated carbocycles. The average molecular weight is 331 g/mol. The number of nitrogens with zero attached hydrogens (tertiary/aromatic N) is 1. The first-order valence-electron chi connectivity index (χ1n) is 6.57. The second-order valence-corrected chi connectivity index (χ2v) is 5.51. The summed E-state index contributed by atoms with van der Waals surface area (Å²) >= 11 is 3.42.